The van der Waals surface area contributed by atoms with Crippen molar-refractivity contribution >= 4 is 24.2 Å². The number of halogens is 1. The zero-order valence-corrected chi connectivity index (χ0v) is 9.15. The maximum atomic E-state index is 5.68. The molecule has 0 aromatic carbocycles. The lowest BCUT2D eigenvalue weighted by atomic mass is 10.1. The fourth-order valence-corrected chi connectivity index (χ4v) is 1.28. The second kappa shape index (κ2) is 5.47. The Hall–Kier alpha value is -0.250. The molecule has 1 aromatic rings. The second-order valence-electron chi connectivity index (χ2n) is 2.81. The van der Waals surface area contributed by atoms with Crippen molar-refractivity contribution in [3.05, 3.63) is 29.0 Å². The topological polar surface area (TPSA) is 24.9 Å². The Labute approximate surface area is 89.1 Å². The molecule has 1 atom stereocenters. The van der Waals surface area contributed by atoms with Crippen LogP contribution >= 0.6 is 24.2 Å². The highest BCUT2D eigenvalue weighted by Gasteiger charge is 2.03. The summed E-state index contributed by atoms with van der Waals surface area (Å²) >= 11 is 9.80. The van der Waals surface area contributed by atoms with E-state index in [1.165, 1.54) is 0 Å². The minimum Gasteiger partial charge on any atom is -0.309 e. The van der Waals surface area contributed by atoms with Gasteiger partial charge in [-0.05, 0) is 18.6 Å². The molecule has 0 radical (unpaired) electrons. The molecule has 0 aliphatic rings. The Morgan fingerprint density at radius 2 is 2.38 bits per heavy atom. The first-order valence-electron chi connectivity index (χ1n) is 4.19. The van der Waals surface area contributed by atoms with Gasteiger partial charge in [0, 0.05) is 24.5 Å². The first-order chi connectivity index (χ1) is 6.24. The third kappa shape index (κ3) is 3.55. The largest absolute Gasteiger partial charge is 0.309 e. The minimum absolute atomic E-state index is 0.303. The molecule has 1 heterocycles. The van der Waals surface area contributed by atoms with E-state index >= 15 is 0 Å². The van der Waals surface area contributed by atoms with Gasteiger partial charge in [-0.25, -0.2) is 4.98 Å². The fourth-order valence-electron chi connectivity index (χ4n) is 1.04. The maximum absolute atomic E-state index is 5.68. The van der Waals surface area contributed by atoms with Crippen LogP contribution in [0.3, 0.4) is 0 Å². The number of aromatic nitrogens is 1. The van der Waals surface area contributed by atoms with Gasteiger partial charge in [-0.3, -0.25) is 0 Å². The summed E-state index contributed by atoms with van der Waals surface area (Å²) in [7, 11) is 0. The lowest BCUT2D eigenvalue weighted by Crippen LogP contribution is -2.20. The molecule has 4 heteroatoms. The highest BCUT2D eigenvalue weighted by Crippen LogP contribution is 2.12. The maximum Gasteiger partial charge on any atom is 0.129 e. The van der Waals surface area contributed by atoms with Crippen molar-refractivity contribution in [3.8, 4) is 0 Å². The summed E-state index contributed by atoms with van der Waals surface area (Å²) in [5.74, 6) is 0.839. The molecule has 1 rings (SSSR count). The van der Waals surface area contributed by atoms with Gasteiger partial charge in [-0.2, -0.15) is 12.6 Å². The van der Waals surface area contributed by atoms with Gasteiger partial charge in [-0.15, -0.1) is 0 Å². The molecule has 72 valence electrons. The lowest BCUT2D eigenvalue weighted by molar-refractivity contribution is 0.600. The third-order valence-electron chi connectivity index (χ3n) is 1.81. The van der Waals surface area contributed by atoms with E-state index in [9.17, 15) is 0 Å². The second-order valence-corrected chi connectivity index (χ2v) is 3.65. The molecule has 0 bridgehead atoms. The number of hydrogen-bond acceptors (Lipinski definition) is 3. The number of nitrogens with one attached hydrogen (secondary N) is 1. The van der Waals surface area contributed by atoms with Crippen molar-refractivity contribution in [3.63, 3.8) is 0 Å². The standard InChI is InChI=1S/C9H13ClN2S/c1-7(11-4-5-13)8-2-3-9(10)12-6-8/h2-3,6-7,11,13H,4-5H2,1H3. The molecule has 0 fully saturated rings. The first kappa shape index (κ1) is 10.8. The summed E-state index contributed by atoms with van der Waals surface area (Å²) in [6.45, 7) is 2.99. The van der Waals surface area contributed by atoms with Crippen molar-refractivity contribution < 1.29 is 0 Å². The van der Waals surface area contributed by atoms with Gasteiger partial charge in [0.25, 0.3) is 0 Å². The number of thiol groups is 1. The van der Waals surface area contributed by atoms with E-state index < -0.39 is 0 Å². The summed E-state index contributed by atoms with van der Waals surface area (Å²) in [5, 5.41) is 3.84. The monoisotopic (exact) mass is 216 g/mol. The normalized spacial score (nSPS) is 12.8. The summed E-state index contributed by atoms with van der Waals surface area (Å²) in [5.41, 5.74) is 1.14. The lowest BCUT2D eigenvalue weighted by Gasteiger charge is -2.12. The van der Waals surface area contributed by atoms with E-state index in [-0.39, 0.29) is 0 Å². The number of nitrogens with zero attached hydrogens (tertiary/aromatic N) is 1. The molecule has 1 unspecified atom stereocenters. The number of rotatable bonds is 4. The van der Waals surface area contributed by atoms with Crippen LogP contribution in [0.5, 0.6) is 0 Å². The Morgan fingerprint density at radius 3 is 2.92 bits per heavy atom. The van der Waals surface area contributed by atoms with Crippen LogP contribution in [0.2, 0.25) is 5.15 Å². The van der Waals surface area contributed by atoms with Gasteiger partial charge < -0.3 is 5.32 Å². The van der Waals surface area contributed by atoms with Crippen LogP contribution in [0.1, 0.15) is 18.5 Å². The van der Waals surface area contributed by atoms with E-state index in [0.29, 0.717) is 11.2 Å². The predicted octanol–water partition coefficient (Wildman–Crippen LogP) is 2.32. The smallest absolute Gasteiger partial charge is 0.129 e. The third-order valence-corrected chi connectivity index (χ3v) is 2.26. The van der Waals surface area contributed by atoms with E-state index in [4.69, 9.17) is 11.6 Å². The van der Waals surface area contributed by atoms with Crippen molar-refractivity contribution in [2.75, 3.05) is 12.3 Å². The number of pyridine rings is 1. The Kier molecular flexibility index (Phi) is 4.56. The highest BCUT2D eigenvalue weighted by molar-refractivity contribution is 7.80. The van der Waals surface area contributed by atoms with Crippen LogP contribution in [0.4, 0.5) is 0 Å². The molecular formula is C9H13ClN2S. The van der Waals surface area contributed by atoms with Crippen LogP contribution < -0.4 is 5.32 Å². The molecule has 0 amide bonds. The van der Waals surface area contributed by atoms with Crippen LogP contribution in [0, 0.1) is 0 Å². The fraction of sp³-hybridized carbons (Fsp3) is 0.444. The van der Waals surface area contributed by atoms with Gasteiger partial charge in [0.2, 0.25) is 0 Å². The molecule has 0 spiro atoms. The Bertz CT molecular complexity index is 250. The predicted molar refractivity (Wildman–Crippen MR) is 59.5 cm³/mol. The Morgan fingerprint density at radius 1 is 1.62 bits per heavy atom. The molecule has 0 aliphatic heterocycles. The van der Waals surface area contributed by atoms with Crippen LogP contribution in [-0.2, 0) is 0 Å². The average Bonchev–Trinajstić information content (AvgIpc) is 2.15. The van der Waals surface area contributed by atoms with Crippen molar-refractivity contribution in [2.24, 2.45) is 0 Å². The van der Waals surface area contributed by atoms with Crippen molar-refractivity contribution in [2.45, 2.75) is 13.0 Å². The van der Waals surface area contributed by atoms with Gasteiger partial charge in [0.05, 0.1) is 0 Å². The van der Waals surface area contributed by atoms with E-state index in [0.717, 1.165) is 17.9 Å². The molecule has 1 N–H and O–H groups in total. The average molecular weight is 217 g/mol. The molecule has 0 saturated carbocycles. The molecule has 1 aromatic heterocycles. The molecule has 0 aliphatic carbocycles. The highest BCUT2D eigenvalue weighted by atomic mass is 35.5. The SMILES string of the molecule is CC(NCCS)c1ccc(Cl)nc1. The minimum atomic E-state index is 0.303. The molecular weight excluding hydrogens is 204 g/mol. The molecule has 13 heavy (non-hydrogen) atoms. The van der Waals surface area contributed by atoms with Crippen LogP contribution in [-0.4, -0.2) is 17.3 Å². The quantitative estimate of drug-likeness (QED) is 0.597. The van der Waals surface area contributed by atoms with E-state index in [1.54, 1.807) is 12.3 Å². The first-order valence-corrected chi connectivity index (χ1v) is 5.21. The summed E-state index contributed by atoms with van der Waals surface area (Å²) in [6, 6.07) is 4.08. The Balaban J connectivity index is 2.55. The van der Waals surface area contributed by atoms with Crippen LogP contribution in [0.25, 0.3) is 0 Å². The summed E-state index contributed by atoms with van der Waals surface area (Å²) < 4.78 is 0. The van der Waals surface area contributed by atoms with Crippen LogP contribution in [0.15, 0.2) is 18.3 Å². The zero-order chi connectivity index (χ0) is 9.68. The van der Waals surface area contributed by atoms with Gasteiger partial charge in [0.15, 0.2) is 0 Å². The number of hydrogen-bond donors (Lipinski definition) is 2. The van der Waals surface area contributed by atoms with E-state index in [1.807, 2.05) is 6.07 Å². The van der Waals surface area contributed by atoms with Gasteiger partial charge in [-0.1, -0.05) is 17.7 Å². The van der Waals surface area contributed by atoms with Crippen molar-refractivity contribution in [1.29, 1.82) is 0 Å². The zero-order valence-electron chi connectivity index (χ0n) is 7.50. The van der Waals surface area contributed by atoms with Gasteiger partial charge in [0.1, 0.15) is 5.15 Å². The van der Waals surface area contributed by atoms with Gasteiger partial charge >= 0.3 is 0 Å². The summed E-state index contributed by atoms with van der Waals surface area (Å²) in [4.78, 5) is 4.01. The molecule has 0 saturated heterocycles. The molecule has 2 nitrogen and oxygen atoms in total. The van der Waals surface area contributed by atoms with Crippen molar-refractivity contribution in [1.82, 2.24) is 10.3 Å². The summed E-state index contributed by atoms with van der Waals surface area (Å²) in [6.07, 6.45) is 1.79. The van der Waals surface area contributed by atoms with E-state index in [2.05, 4.69) is 29.9 Å².